The number of thiophene rings is 1. The molecule has 2 N–H and O–H groups in total. The van der Waals surface area contributed by atoms with Crippen molar-refractivity contribution in [1.82, 2.24) is 5.32 Å². The van der Waals surface area contributed by atoms with Crippen LogP contribution in [0.4, 0.5) is 5.69 Å². The fraction of sp³-hybridized carbons (Fsp3) is 0.214. The topological polar surface area (TPSA) is 41.1 Å². The summed E-state index contributed by atoms with van der Waals surface area (Å²) in [6, 6.07) is 11.7. The zero-order valence-corrected chi connectivity index (χ0v) is 11.1. The summed E-state index contributed by atoms with van der Waals surface area (Å²) in [7, 11) is 0. The molecule has 0 spiro atoms. The molecular weight excluding hydrogens is 244 g/mol. The van der Waals surface area contributed by atoms with Gasteiger partial charge in [0.2, 0.25) is 0 Å². The Morgan fingerprint density at radius 2 is 2.00 bits per heavy atom. The Bertz CT molecular complexity index is 491. The number of amides is 1. The predicted octanol–water partition coefficient (Wildman–Crippen LogP) is 3.11. The van der Waals surface area contributed by atoms with E-state index in [1.807, 2.05) is 37.3 Å². The zero-order valence-electron chi connectivity index (χ0n) is 10.3. The molecule has 1 amide bonds. The van der Waals surface area contributed by atoms with Gasteiger partial charge in [0.15, 0.2) is 0 Å². The maximum atomic E-state index is 11.6. The second-order valence-electron chi connectivity index (χ2n) is 3.87. The van der Waals surface area contributed by atoms with Gasteiger partial charge in [-0.3, -0.25) is 4.79 Å². The zero-order chi connectivity index (χ0) is 12.8. The molecule has 0 bridgehead atoms. The highest BCUT2D eigenvalue weighted by atomic mass is 32.1. The minimum absolute atomic E-state index is 0.0256. The molecule has 0 unspecified atom stereocenters. The first kappa shape index (κ1) is 12.6. The summed E-state index contributed by atoms with van der Waals surface area (Å²) in [6.45, 7) is 3.38. The standard InChI is InChI=1S/C14H16N2OS/c1-2-15-14(17)11-5-7-12(8-6-11)16-10-13-4-3-9-18-13/h3-9,16H,2,10H2,1H3,(H,15,17). The third-order valence-corrected chi connectivity index (χ3v) is 3.41. The van der Waals surface area contributed by atoms with Gasteiger partial charge >= 0.3 is 0 Å². The molecule has 0 radical (unpaired) electrons. The Morgan fingerprint density at radius 1 is 1.22 bits per heavy atom. The monoisotopic (exact) mass is 260 g/mol. The van der Waals surface area contributed by atoms with Crippen LogP contribution in [0.5, 0.6) is 0 Å². The van der Waals surface area contributed by atoms with Gasteiger partial charge in [0, 0.05) is 29.2 Å². The van der Waals surface area contributed by atoms with E-state index in [1.54, 1.807) is 11.3 Å². The average molecular weight is 260 g/mol. The Labute approximate surface area is 111 Å². The lowest BCUT2D eigenvalue weighted by molar-refractivity contribution is 0.0956. The molecule has 0 fully saturated rings. The molecule has 2 aromatic rings. The molecule has 18 heavy (non-hydrogen) atoms. The highest BCUT2D eigenvalue weighted by Crippen LogP contribution is 2.13. The number of anilines is 1. The van der Waals surface area contributed by atoms with Gasteiger partial charge in [-0.05, 0) is 42.6 Å². The number of nitrogens with one attached hydrogen (secondary N) is 2. The first-order valence-electron chi connectivity index (χ1n) is 5.94. The van der Waals surface area contributed by atoms with Gasteiger partial charge in [0.1, 0.15) is 0 Å². The molecule has 94 valence electrons. The van der Waals surface area contributed by atoms with E-state index in [0.717, 1.165) is 12.2 Å². The van der Waals surface area contributed by atoms with Gasteiger partial charge in [-0.25, -0.2) is 0 Å². The van der Waals surface area contributed by atoms with Crippen LogP contribution < -0.4 is 10.6 Å². The molecule has 1 aromatic heterocycles. The van der Waals surface area contributed by atoms with E-state index in [1.165, 1.54) is 4.88 Å². The summed E-state index contributed by atoms with van der Waals surface area (Å²) >= 11 is 1.73. The summed E-state index contributed by atoms with van der Waals surface area (Å²) < 4.78 is 0. The second kappa shape index (κ2) is 6.21. The lowest BCUT2D eigenvalue weighted by atomic mass is 10.2. The third-order valence-electron chi connectivity index (χ3n) is 2.53. The Hall–Kier alpha value is -1.81. The van der Waals surface area contributed by atoms with Crippen LogP contribution in [0, 0.1) is 0 Å². The van der Waals surface area contributed by atoms with E-state index < -0.39 is 0 Å². The van der Waals surface area contributed by atoms with E-state index in [9.17, 15) is 4.79 Å². The molecule has 1 aromatic carbocycles. The van der Waals surface area contributed by atoms with E-state index in [-0.39, 0.29) is 5.91 Å². The van der Waals surface area contributed by atoms with Crippen LogP contribution in [0.15, 0.2) is 41.8 Å². The molecule has 0 aliphatic rings. The van der Waals surface area contributed by atoms with Crippen LogP contribution in [0.2, 0.25) is 0 Å². The van der Waals surface area contributed by atoms with Crippen molar-refractivity contribution in [2.45, 2.75) is 13.5 Å². The summed E-state index contributed by atoms with van der Waals surface area (Å²) in [5.41, 5.74) is 1.72. The van der Waals surface area contributed by atoms with Gasteiger partial charge in [0.05, 0.1) is 0 Å². The molecule has 0 atom stereocenters. The second-order valence-corrected chi connectivity index (χ2v) is 4.90. The van der Waals surface area contributed by atoms with Gasteiger partial charge < -0.3 is 10.6 Å². The largest absolute Gasteiger partial charge is 0.380 e. The first-order chi connectivity index (χ1) is 8.79. The van der Waals surface area contributed by atoms with Crippen molar-refractivity contribution >= 4 is 22.9 Å². The number of carbonyl (C=O) groups is 1. The van der Waals surface area contributed by atoms with E-state index >= 15 is 0 Å². The smallest absolute Gasteiger partial charge is 0.251 e. The molecule has 4 heteroatoms. The van der Waals surface area contributed by atoms with Crippen molar-refractivity contribution in [2.75, 3.05) is 11.9 Å². The van der Waals surface area contributed by atoms with Crippen molar-refractivity contribution in [3.05, 3.63) is 52.2 Å². The number of hydrogen-bond acceptors (Lipinski definition) is 3. The molecule has 0 aliphatic heterocycles. The third kappa shape index (κ3) is 3.34. The van der Waals surface area contributed by atoms with Crippen molar-refractivity contribution in [2.24, 2.45) is 0 Å². The highest BCUT2D eigenvalue weighted by Gasteiger charge is 2.03. The van der Waals surface area contributed by atoms with Crippen LogP contribution in [0.3, 0.4) is 0 Å². The van der Waals surface area contributed by atoms with E-state index in [4.69, 9.17) is 0 Å². The lowest BCUT2D eigenvalue weighted by Crippen LogP contribution is -2.22. The summed E-state index contributed by atoms with van der Waals surface area (Å²) in [5, 5.41) is 8.17. The minimum atomic E-state index is -0.0256. The maximum Gasteiger partial charge on any atom is 0.251 e. The Balaban J connectivity index is 1.93. The van der Waals surface area contributed by atoms with Crippen molar-refractivity contribution in [3.8, 4) is 0 Å². The molecule has 0 saturated carbocycles. The van der Waals surface area contributed by atoms with Crippen LogP contribution in [0.1, 0.15) is 22.2 Å². The van der Waals surface area contributed by atoms with Gasteiger partial charge in [-0.15, -0.1) is 11.3 Å². The predicted molar refractivity (Wildman–Crippen MR) is 76.1 cm³/mol. The van der Waals surface area contributed by atoms with Gasteiger partial charge in [0.25, 0.3) is 5.91 Å². The van der Waals surface area contributed by atoms with Gasteiger partial charge in [-0.2, -0.15) is 0 Å². The molecule has 0 saturated heterocycles. The molecular formula is C14H16N2OS. The average Bonchev–Trinajstić information content (AvgIpc) is 2.90. The van der Waals surface area contributed by atoms with Crippen molar-refractivity contribution < 1.29 is 4.79 Å². The van der Waals surface area contributed by atoms with Gasteiger partial charge in [-0.1, -0.05) is 6.07 Å². The van der Waals surface area contributed by atoms with Crippen LogP contribution in [0.25, 0.3) is 0 Å². The molecule has 0 aliphatic carbocycles. The fourth-order valence-electron chi connectivity index (χ4n) is 1.60. The van der Waals surface area contributed by atoms with Crippen LogP contribution >= 0.6 is 11.3 Å². The minimum Gasteiger partial charge on any atom is -0.380 e. The molecule has 2 rings (SSSR count). The van der Waals surface area contributed by atoms with E-state index in [2.05, 4.69) is 22.1 Å². The van der Waals surface area contributed by atoms with E-state index in [0.29, 0.717) is 12.1 Å². The highest BCUT2D eigenvalue weighted by molar-refractivity contribution is 7.09. The normalized spacial score (nSPS) is 10.1. The molecule has 1 heterocycles. The lowest BCUT2D eigenvalue weighted by Gasteiger charge is -2.06. The number of benzene rings is 1. The Kier molecular flexibility index (Phi) is 4.36. The Morgan fingerprint density at radius 3 is 2.61 bits per heavy atom. The summed E-state index contributed by atoms with van der Waals surface area (Å²) in [5.74, 6) is -0.0256. The number of hydrogen-bond donors (Lipinski definition) is 2. The fourth-order valence-corrected chi connectivity index (χ4v) is 2.25. The SMILES string of the molecule is CCNC(=O)c1ccc(NCc2cccs2)cc1. The summed E-state index contributed by atoms with van der Waals surface area (Å²) in [4.78, 5) is 12.9. The quantitative estimate of drug-likeness (QED) is 0.867. The van der Waals surface area contributed by atoms with Crippen LogP contribution in [-0.2, 0) is 6.54 Å². The van der Waals surface area contributed by atoms with Crippen LogP contribution in [-0.4, -0.2) is 12.5 Å². The van der Waals surface area contributed by atoms with Crippen molar-refractivity contribution in [1.29, 1.82) is 0 Å². The maximum absolute atomic E-state index is 11.6. The number of carbonyl (C=O) groups excluding carboxylic acids is 1. The first-order valence-corrected chi connectivity index (χ1v) is 6.82. The molecule has 3 nitrogen and oxygen atoms in total. The summed E-state index contributed by atoms with van der Waals surface area (Å²) in [6.07, 6.45) is 0. The van der Waals surface area contributed by atoms with Crippen molar-refractivity contribution in [3.63, 3.8) is 0 Å². The number of rotatable bonds is 5.